The van der Waals surface area contributed by atoms with Crippen LogP contribution in [0.15, 0.2) is 53.8 Å². The second kappa shape index (κ2) is 7.27. The molecule has 1 amide bonds. The molecule has 0 aliphatic rings. The summed E-state index contributed by atoms with van der Waals surface area (Å²) in [4.78, 5) is 28.1. The number of rotatable bonds is 4. The Morgan fingerprint density at radius 3 is 2.88 bits per heavy atom. The van der Waals surface area contributed by atoms with Gasteiger partial charge in [-0.25, -0.2) is 0 Å². The Kier molecular flexibility index (Phi) is 5.06. The lowest BCUT2D eigenvalue weighted by atomic mass is 10.1. The Labute approximate surface area is 159 Å². The minimum atomic E-state index is -0.299. The Balaban J connectivity index is 2.01. The molecule has 0 radical (unpaired) electrons. The van der Waals surface area contributed by atoms with Crippen LogP contribution in [0.4, 0.5) is 5.69 Å². The van der Waals surface area contributed by atoms with E-state index < -0.39 is 0 Å². The number of carbonyl (C=O) groups is 1. The number of fused-ring (bicyclic) bond motifs is 1. The van der Waals surface area contributed by atoms with E-state index in [4.69, 9.17) is 23.8 Å². The summed E-state index contributed by atoms with van der Waals surface area (Å²) in [6.07, 6.45) is 1.60. The van der Waals surface area contributed by atoms with E-state index in [0.717, 1.165) is 5.56 Å². The summed E-state index contributed by atoms with van der Waals surface area (Å²) in [5, 5.41) is 3.86. The van der Waals surface area contributed by atoms with Crippen LogP contribution in [0.3, 0.4) is 0 Å². The van der Waals surface area contributed by atoms with Gasteiger partial charge in [0, 0.05) is 22.8 Å². The fourth-order valence-corrected chi connectivity index (χ4v) is 3.07. The molecule has 0 aliphatic carbocycles. The molecule has 0 bridgehead atoms. The average Bonchev–Trinajstić information content (AvgIpc) is 2.62. The predicted molar refractivity (Wildman–Crippen MR) is 108 cm³/mol. The van der Waals surface area contributed by atoms with E-state index in [-0.39, 0.29) is 16.2 Å². The number of amides is 1. The van der Waals surface area contributed by atoms with Crippen LogP contribution in [-0.4, -0.2) is 15.5 Å². The molecule has 2 N–H and O–H groups in total. The first-order chi connectivity index (χ1) is 12.4. The fraction of sp³-hybridized carbons (Fsp3) is 0.105. The molecule has 0 saturated carbocycles. The number of nitrogens with one attached hydrogen (secondary N) is 2. The standard InChI is InChI=1S/C19H16ClN3O2S/c1-3-9-23-18(25)13-8-7-12(10-16(13)22-19(23)26)17(24)21-15-6-4-5-14(20)11(15)2/h3-8,10H,1,9H2,2H3,(H,21,24)(H,22,26). The summed E-state index contributed by atoms with van der Waals surface area (Å²) in [5.74, 6) is -0.299. The maximum Gasteiger partial charge on any atom is 0.262 e. The number of carbonyl (C=O) groups excluding carboxylic acids is 1. The van der Waals surface area contributed by atoms with Gasteiger partial charge in [-0.15, -0.1) is 6.58 Å². The van der Waals surface area contributed by atoms with Crippen molar-refractivity contribution in [1.29, 1.82) is 0 Å². The van der Waals surface area contributed by atoms with E-state index in [1.807, 2.05) is 6.92 Å². The molecule has 0 aliphatic heterocycles. The highest BCUT2D eigenvalue weighted by Crippen LogP contribution is 2.23. The van der Waals surface area contributed by atoms with Gasteiger partial charge in [-0.05, 0) is 55.0 Å². The number of anilines is 1. The maximum atomic E-state index is 12.6. The van der Waals surface area contributed by atoms with E-state index in [9.17, 15) is 9.59 Å². The van der Waals surface area contributed by atoms with Gasteiger partial charge in [-0.3, -0.25) is 14.2 Å². The Hall–Kier alpha value is -2.70. The van der Waals surface area contributed by atoms with Crippen LogP contribution in [0.1, 0.15) is 15.9 Å². The summed E-state index contributed by atoms with van der Waals surface area (Å²) < 4.78 is 1.70. The number of aromatic amines is 1. The molecule has 2 aromatic carbocycles. The van der Waals surface area contributed by atoms with Crippen molar-refractivity contribution in [1.82, 2.24) is 9.55 Å². The lowest BCUT2D eigenvalue weighted by Crippen LogP contribution is -2.22. The van der Waals surface area contributed by atoms with Gasteiger partial charge in [0.15, 0.2) is 4.77 Å². The summed E-state index contributed by atoms with van der Waals surface area (Å²) in [6, 6.07) is 10.1. The first-order valence-corrected chi connectivity index (χ1v) is 8.65. The normalized spacial score (nSPS) is 10.7. The summed E-state index contributed by atoms with van der Waals surface area (Å²) in [5.41, 5.74) is 2.12. The van der Waals surface area contributed by atoms with E-state index in [2.05, 4.69) is 16.9 Å². The van der Waals surface area contributed by atoms with Crippen molar-refractivity contribution in [2.45, 2.75) is 13.5 Å². The van der Waals surface area contributed by atoms with E-state index in [1.54, 1.807) is 42.5 Å². The summed E-state index contributed by atoms with van der Waals surface area (Å²) in [7, 11) is 0. The molecule has 3 rings (SSSR count). The van der Waals surface area contributed by atoms with Gasteiger partial charge in [0.05, 0.1) is 10.9 Å². The summed E-state index contributed by atoms with van der Waals surface area (Å²) in [6.45, 7) is 5.78. The maximum absolute atomic E-state index is 12.6. The highest BCUT2D eigenvalue weighted by atomic mass is 35.5. The first kappa shape index (κ1) is 18.1. The summed E-state index contributed by atoms with van der Waals surface area (Å²) >= 11 is 11.3. The Morgan fingerprint density at radius 2 is 2.15 bits per heavy atom. The largest absolute Gasteiger partial charge is 0.332 e. The molecule has 0 unspecified atom stereocenters. The zero-order chi connectivity index (χ0) is 18.8. The molecule has 0 fully saturated rings. The average molecular weight is 386 g/mol. The van der Waals surface area contributed by atoms with Gasteiger partial charge in [0.25, 0.3) is 11.5 Å². The molecule has 5 nitrogen and oxygen atoms in total. The van der Waals surface area contributed by atoms with Gasteiger partial charge in [0.2, 0.25) is 0 Å². The molecule has 1 heterocycles. The smallest absolute Gasteiger partial charge is 0.262 e. The number of halogens is 1. The monoisotopic (exact) mass is 385 g/mol. The molecule has 132 valence electrons. The zero-order valence-electron chi connectivity index (χ0n) is 14.0. The van der Waals surface area contributed by atoms with Crippen LogP contribution < -0.4 is 10.9 Å². The van der Waals surface area contributed by atoms with E-state index >= 15 is 0 Å². The third-order valence-corrected chi connectivity index (χ3v) is 4.80. The number of benzene rings is 2. The Morgan fingerprint density at radius 1 is 1.38 bits per heavy atom. The number of hydrogen-bond acceptors (Lipinski definition) is 3. The van der Waals surface area contributed by atoms with Crippen molar-refractivity contribution in [3.63, 3.8) is 0 Å². The SMILES string of the molecule is C=CCn1c(=S)[nH]c2cc(C(=O)Nc3cccc(Cl)c3C)ccc2c1=O. The molecule has 0 spiro atoms. The molecule has 0 atom stereocenters. The lowest BCUT2D eigenvalue weighted by Gasteiger charge is -2.10. The molecule has 7 heteroatoms. The minimum Gasteiger partial charge on any atom is -0.332 e. The molecular weight excluding hydrogens is 370 g/mol. The highest BCUT2D eigenvalue weighted by Gasteiger charge is 2.12. The van der Waals surface area contributed by atoms with Crippen molar-refractivity contribution < 1.29 is 4.79 Å². The van der Waals surface area contributed by atoms with Crippen molar-refractivity contribution in [2.75, 3.05) is 5.32 Å². The fourth-order valence-electron chi connectivity index (χ4n) is 2.63. The van der Waals surface area contributed by atoms with Crippen molar-refractivity contribution >= 4 is 46.3 Å². The van der Waals surface area contributed by atoms with Crippen LogP contribution >= 0.6 is 23.8 Å². The molecule has 3 aromatic rings. The minimum absolute atomic E-state index is 0.221. The van der Waals surface area contributed by atoms with Crippen molar-refractivity contribution in [3.05, 3.63) is 80.3 Å². The topological polar surface area (TPSA) is 66.9 Å². The lowest BCUT2D eigenvalue weighted by molar-refractivity contribution is 0.102. The number of nitrogens with zero attached hydrogens (tertiary/aromatic N) is 1. The van der Waals surface area contributed by atoms with Crippen LogP contribution in [-0.2, 0) is 6.54 Å². The first-order valence-electron chi connectivity index (χ1n) is 7.86. The molecule has 26 heavy (non-hydrogen) atoms. The van der Waals surface area contributed by atoms with Gasteiger partial charge in [0.1, 0.15) is 0 Å². The van der Waals surface area contributed by atoms with Gasteiger partial charge in [-0.1, -0.05) is 23.7 Å². The van der Waals surface area contributed by atoms with Gasteiger partial charge in [-0.2, -0.15) is 0 Å². The molecule has 1 aromatic heterocycles. The van der Waals surface area contributed by atoms with Gasteiger partial charge < -0.3 is 10.3 Å². The van der Waals surface area contributed by atoms with Crippen LogP contribution in [0.5, 0.6) is 0 Å². The van der Waals surface area contributed by atoms with Crippen LogP contribution in [0.2, 0.25) is 5.02 Å². The van der Waals surface area contributed by atoms with E-state index in [0.29, 0.717) is 33.7 Å². The number of H-pyrrole nitrogens is 1. The third-order valence-electron chi connectivity index (χ3n) is 4.07. The third kappa shape index (κ3) is 3.34. The zero-order valence-corrected chi connectivity index (χ0v) is 15.6. The number of aromatic nitrogens is 2. The second-order valence-electron chi connectivity index (χ2n) is 5.76. The van der Waals surface area contributed by atoms with Gasteiger partial charge >= 0.3 is 0 Å². The number of hydrogen-bond donors (Lipinski definition) is 2. The predicted octanol–water partition coefficient (Wildman–Crippen LogP) is 4.46. The molecular formula is C19H16ClN3O2S. The van der Waals surface area contributed by atoms with Crippen LogP contribution in [0.25, 0.3) is 10.9 Å². The quantitative estimate of drug-likeness (QED) is 0.514. The second-order valence-corrected chi connectivity index (χ2v) is 6.56. The molecule has 0 saturated heterocycles. The van der Waals surface area contributed by atoms with Crippen molar-refractivity contribution in [2.24, 2.45) is 0 Å². The van der Waals surface area contributed by atoms with Crippen LogP contribution in [0, 0.1) is 11.7 Å². The highest BCUT2D eigenvalue weighted by molar-refractivity contribution is 7.71. The van der Waals surface area contributed by atoms with E-state index in [1.165, 1.54) is 4.57 Å². The van der Waals surface area contributed by atoms with Crippen molar-refractivity contribution in [3.8, 4) is 0 Å². The number of allylic oxidation sites excluding steroid dienone is 1. The Bertz CT molecular complexity index is 1150.